The Kier molecular flexibility index (Phi) is 3.77. The Morgan fingerprint density at radius 2 is 2.22 bits per heavy atom. The summed E-state index contributed by atoms with van der Waals surface area (Å²) in [5.41, 5.74) is 3.01. The summed E-state index contributed by atoms with van der Waals surface area (Å²) >= 11 is 5.99. The van der Waals surface area contributed by atoms with Gasteiger partial charge in [0.2, 0.25) is 0 Å². The molecule has 4 nitrogen and oxygen atoms in total. The van der Waals surface area contributed by atoms with Gasteiger partial charge in [-0.1, -0.05) is 11.6 Å². The molecular formula is C13H16ClN3O. The van der Waals surface area contributed by atoms with Crippen molar-refractivity contribution in [1.82, 2.24) is 9.78 Å². The number of halogens is 1. The van der Waals surface area contributed by atoms with Gasteiger partial charge in [0.15, 0.2) is 0 Å². The van der Waals surface area contributed by atoms with Gasteiger partial charge in [0.1, 0.15) is 5.75 Å². The first kappa shape index (κ1) is 12.8. The molecule has 1 N–H and O–H groups in total. The van der Waals surface area contributed by atoms with Gasteiger partial charge in [0.05, 0.1) is 18.5 Å². The lowest BCUT2D eigenvalue weighted by molar-refractivity contribution is 0.410. The molecule has 0 aliphatic rings. The van der Waals surface area contributed by atoms with Crippen molar-refractivity contribution < 1.29 is 4.74 Å². The maximum atomic E-state index is 5.99. The van der Waals surface area contributed by atoms with Gasteiger partial charge < -0.3 is 10.1 Å². The maximum Gasteiger partial charge on any atom is 0.123 e. The number of hydrogen-bond donors (Lipinski definition) is 1. The van der Waals surface area contributed by atoms with Crippen molar-refractivity contribution in [2.45, 2.75) is 13.5 Å². The van der Waals surface area contributed by atoms with Crippen LogP contribution in [0.3, 0.4) is 0 Å². The van der Waals surface area contributed by atoms with Crippen LogP contribution in [0.2, 0.25) is 5.02 Å². The smallest absolute Gasteiger partial charge is 0.123 e. The largest absolute Gasteiger partial charge is 0.496 e. The molecule has 0 saturated heterocycles. The highest BCUT2D eigenvalue weighted by atomic mass is 35.5. The molecule has 0 aliphatic heterocycles. The zero-order valence-electron chi connectivity index (χ0n) is 10.7. The minimum absolute atomic E-state index is 0.649. The Morgan fingerprint density at radius 3 is 2.83 bits per heavy atom. The van der Waals surface area contributed by atoms with Crippen molar-refractivity contribution in [2.75, 3.05) is 12.4 Å². The minimum atomic E-state index is 0.649. The molecule has 1 heterocycles. The number of rotatable bonds is 4. The normalized spacial score (nSPS) is 10.4. The van der Waals surface area contributed by atoms with E-state index in [1.54, 1.807) is 11.8 Å². The van der Waals surface area contributed by atoms with Crippen molar-refractivity contribution in [1.29, 1.82) is 0 Å². The first-order chi connectivity index (χ1) is 8.60. The molecule has 0 radical (unpaired) electrons. The van der Waals surface area contributed by atoms with E-state index in [2.05, 4.69) is 10.4 Å². The molecule has 18 heavy (non-hydrogen) atoms. The van der Waals surface area contributed by atoms with E-state index in [1.165, 1.54) is 0 Å². The van der Waals surface area contributed by atoms with Crippen LogP contribution in [-0.4, -0.2) is 16.9 Å². The molecule has 0 amide bonds. The molecule has 1 aromatic heterocycles. The average Bonchev–Trinajstić information content (AvgIpc) is 2.65. The molecule has 0 aliphatic carbocycles. The van der Waals surface area contributed by atoms with E-state index in [-0.39, 0.29) is 0 Å². The number of hydrogen-bond acceptors (Lipinski definition) is 3. The minimum Gasteiger partial charge on any atom is -0.496 e. The lowest BCUT2D eigenvalue weighted by Crippen LogP contribution is -2.02. The molecule has 0 atom stereocenters. The van der Waals surface area contributed by atoms with Gasteiger partial charge in [0, 0.05) is 30.4 Å². The highest BCUT2D eigenvalue weighted by Gasteiger charge is 2.06. The van der Waals surface area contributed by atoms with E-state index >= 15 is 0 Å². The third-order valence-electron chi connectivity index (χ3n) is 2.73. The summed E-state index contributed by atoms with van der Waals surface area (Å²) in [7, 11) is 3.56. The van der Waals surface area contributed by atoms with Gasteiger partial charge in [-0.05, 0) is 25.1 Å². The number of benzene rings is 1. The Balaban J connectivity index is 2.14. The lowest BCUT2D eigenvalue weighted by atomic mass is 10.2. The molecule has 0 saturated carbocycles. The van der Waals surface area contributed by atoms with Crippen molar-refractivity contribution in [3.05, 3.63) is 40.7 Å². The van der Waals surface area contributed by atoms with Crippen molar-refractivity contribution in [3.8, 4) is 5.75 Å². The van der Waals surface area contributed by atoms with E-state index in [4.69, 9.17) is 16.3 Å². The Labute approximate surface area is 112 Å². The third kappa shape index (κ3) is 2.76. The third-order valence-corrected chi connectivity index (χ3v) is 2.96. The molecule has 2 aromatic rings. The van der Waals surface area contributed by atoms with E-state index in [9.17, 15) is 0 Å². The number of aromatic nitrogens is 2. The highest BCUT2D eigenvalue weighted by molar-refractivity contribution is 6.30. The number of nitrogens with one attached hydrogen (secondary N) is 1. The monoisotopic (exact) mass is 265 g/mol. The topological polar surface area (TPSA) is 39.1 Å². The van der Waals surface area contributed by atoms with Gasteiger partial charge in [-0.3, -0.25) is 4.68 Å². The summed E-state index contributed by atoms with van der Waals surface area (Å²) in [6.45, 7) is 2.62. The summed E-state index contributed by atoms with van der Waals surface area (Å²) in [5.74, 6) is 0.827. The second-order valence-corrected chi connectivity index (χ2v) is 4.55. The molecule has 0 bridgehead atoms. The van der Waals surface area contributed by atoms with E-state index in [1.807, 2.05) is 38.4 Å². The van der Waals surface area contributed by atoms with Gasteiger partial charge >= 0.3 is 0 Å². The first-order valence-corrected chi connectivity index (χ1v) is 6.04. The molecule has 2 rings (SSSR count). The summed E-state index contributed by atoms with van der Waals surface area (Å²) in [5, 5.41) is 8.31. The van der Waals surface area contributed by atoms with Crippen LogP contribution in [-0.2, 0) is 13.6 Å². The summed E-state index contributed by atoms with van der Waals surface area (Å²) in [6.07, 6.45) is 1.95. The maximum absolute atomic E-state index is 5.99. The molecule has 96 valence electrons. The quantitative estimate of drug-likeness (QED) is 0.924. The van der Waals surface area contributed by atoms with Crippen LogP contribution in [0.5, 0.6) is 5.75 Å². The van der Waals surface area contributed by atoms with Crippen LogP contribution >= 0.6 is 11.6 Å². The summed E-state index contributed by atoms with van der Waals surface area (Å²) in [4.78, 5) is 0. The van der Waals surface area contributed by atoms with E-state index in [0.29, 0.717) is 11.6 Å². The number of nitrogens with zero attached hydrogens (tertiary/aromatic N) is 2. The lowest BCUT2D eigenvalue weighted by Gasteiger charge is -2.10. The number of aryl methyl sites for hydroxylation is 2. The number of methoxy groups -OCH3 is 1. The van der Waals surface area contributed by atoms with Crippen molar-refractivity contribution in [2.24, 2.45) is 7.05 Å². The fourth-order valence-corrected chi connectivity index (χ4v) is 2.04. The number of anilines is 1. The van der Waals surface area contributed by atoms with Crippen LogP contribution in [0, 0.1) is 6.92 Å². The van der Waals surface area contributed by atoms with Crippen LogP contribution in [0.15, 0.2) is 24.4 Å². The molecule has 1 aromatic carbocycles. The summed E-state index contributed by atoms with van der Waals surface area (Å²) < 4.78 is 7.09. The van der Waals surface area contributed by atoms with Crippen molar-refractivity contribution >= 4 is 17.3 Å². The number of ether oxygens (including phenoxy) is 1. The SMILES string of the molecule is COc1ccc(Cl)cc1CNc1cn(C)nc1C. The van der Waals surface area contributed by atoms with Crippen LogP contribution in [0.4, 0.5) is 5.69 Å². The van der Waals surface area contributed by atoms with Crippen molar-refractivity contribution in [3.63, 3.8) is 0 Å². The van der Waals surface area contributed by atoms with Gasteiger partial charge in [0.25, 0.3) is 0 Å². The predicted octanol–water partition coefficient (Wildman–Crippen LogP) is 3.00. The van der Waals surface area contributed by atoms with Crippen LogP contribution < -0.4 is 10.1 Å². The van der Waals surface area contributed by atoms with Gasteiger partial charge in [-0.15, -0.1) is 0 Å². The Hall–Kier alpha value is -1.68. The van der Waals surface area contributed by atoms with E-state index in [0.717, 1.165) is 22.7 Å². The Morgan fingerprint density at radius 1 is 1.44 bits per heavy atom. The molecule has 5 heteroatoms. The zero-order valence-corrected chi connectivity index (χ0v) is 11.5. The fourth-order valence-electron chi connectivity index (χ4n) is 1.85. The fraction of sp³-hybridized carbons (Fsp3) is 0.308. The highest BCUT2D eigenvalue weighted by Crippen LogP contribution is 2.24. The summed E-state index contributed by atoms with van der Waals surface area (Å²) in [6, 6.07) is 5.59. The molecule has 0 fully saturated rings. The first-order valence-electron chi connectivity index (χ1n) is 5.66. The Bertz CT molecular complexity index is 551. The standard InChI is InChI=1S/C13H16ClN3O/c1-9-12(8-17(2)16-9)15-7-10-6-11(14)4-5-13(10)18-3/h4-6,8,15H,7H2,1-3H3. The zero-order chi connectivity index (χ0) is 13.1. The van der Waals surface area contributed by atoms with Crippen LogP contribution in [0.25, 0.3) is 0 Å². The second kappa shape index (κ2) is 5.31. The van der Waals surface area contributed by atoms with Gasteiger partial charge in [-0.2, -0.15) is 5.10 Å². The predicted molar refractivity (Wildman–Crippen MR) is 73.3 cm³/mol. The molecule has 0 unspecified atom stereocenters. The molecule has 0 spiro atoms. The van der Waals surface area contributed by atoms with E-state index < -0.39 is 0 Å². The average molecular weight is 266 g/mol. The van der Waals surface area contributed by atoms with Gasteiger partial charge in [-0.25, -0.2) is 0 Å². The second-order valence-electron chi connectivity index (χ2n) is 4.11. The molecular weight excluding hydrogens is 250 g/mol. The van der Waals surface area contributed by atoms with Crippen LogP contribution in [0.1, 0.15) is 11.3 Å².